The number of hydrogen-bond acceptors (Lipinski definition) is 2. The van der Waals surface area contributed by atoms with Crippen LogP contribution in [-0.4, -0.2) is 28.9 Å². The molecule has 5 heteroatoms. The zero-order chi connectivity index (χ0) is 8.36. The van der Waals surface area contributed by atoms with Crippen molar-refractivity contribution in [2.45, 2.75) is 24.5 Å². The fourth-order valence-corrected chi connectivity index (χ4v) is 0.807. The van der Waals surface area contributed by atoms with Gasteiger partial charge in [0, 0.05) is 5.25 Å². The molecule has 0 aliphatic rings. The molecule has 2 atom stereocenters. The molecule has 1 N–H and O–H groups in total. The van der Waals surface area contributed by atoms with Crippen LogP contribution in [-0.2, 0) is 0 Å². The maximum atomic E-state index is 11.6. The topological polar surface area (TPSA) is 20.2 Å². The van der Waals surface area contributed by atoms with Crippen molar-refractivity contribution >= 4 is 11.8 Å². The molecule has 0 saturated carbocycles. The maximum absolute atomic E-state index is 11.6. The molecule has 0 aliphatic carbocycles. The molecule has 2 unspecified atom stereocenters. The van der Waals surface area contributed by atoms with Crippen molar-refractivity contribution in [2.24, 2.45) is 0 Å². The summed E-state index contributed by atoms with van der Waals surface area (Å²) in [5.41, 5.74) is 0. The van der Waals surface area contributed by atoms with Crippen molar-refractivity contribution in [3.8, 4) is 0 Å². The van der Waals surface area contributed by atoms with E-state index in [1.807, 2.05) is 0 Å². The van der Waals surface area contributed by atoms with Gasteiger partial charge in [0.15, 0.2) is 6.10 Å². The zero-order valence-electron chi connectivity index (χ0n) is 5.64. The van der Waals surface area contributed by atoms with E-state index in [9.17, 15) is 13.2 Å². The summed E-state index contributed by atoms with van der Waals surface area (Å²) >= 11 is 0.990. The first kappa shape index (κ1) is 10.1. The van der Waals surface area contributed by atoms with E-state index in [1.165, 1.54) is 13.2 Å². The number of halogens is 3. The second-order valence-electron chi connectivity index (χ2n) is 1.93. The number of aliphatic hydroxyl groups is 1. The van der Waals surface area contributed by atoms with Crippen LogP contribution in [0.25, 0.3) is 0 Å². The minimum Gasteiger partial charge on any atom is -0.383 e. The van der Waals surface area contributed by atoms with Gasteiger partial charge in [-0.15, -0.1) is 0 Å². The Balaban J connectivity index is 3.94. The molecule has 0 bridgehead atoms. The molecular formula is C5H9F3OS. The molecule has 62 valence electrons. The van der Waals surface area contributed by atoms with E-state index in [-0.39, 0.29) is 0 Å². The third-order valence-electron chi connectivity index (χ3n) is 1.15. The number of rotatable bonds is 2. The van der Waals surface area contributed by atoms with Crippen molar-refractivity contribution in [2.75, 3.05) is 6.26 Å². The molecule has 0 aliphatic heterocycles. The molecule has 0 spiro atoms. The van der Waals surface area contributed by atoms with E-state index >= 15 is 0 Å². The summed E-state index contributed by atoms with van der Waals surface area (Å²) in [5, 5.41) is 7.72. The average Bonchev–Trinajstić information content (AvgIpc) is 1.83. The number of aliphatic hydroxyl groups excluding tert-OH is 1. The summed E-state index contributed by atoms with van der Waals surface area (Å²) in [4.78, 5) is 0. The van der Waals surface area contributed by atoms with Gasteiger partial charge in [0.2, 0.25) is 0 Å². The summed E-state index contributed by atoms with van der Waals surface area (Å²) in [6, 6.07) is 0. The second kappa shape index (κ2) is 3.48. The molecule has 0 amide bonds. The monoisotopic (exact) mass is 174 g/mol. The molecule has 0 aromatic heterocycles. The quantitative estimate of drug-likeness (QED) is 0.687. The summed E-state index contributed by atoms with van der Waals surface area (Å²) in [7, 11) is 0. The summed E-state index contributed by atoms with van der Waals surface area (Å²) < 4.78 is 34.9. The number of alkyl halides is 3. The second-order valence-corrected chi connectivity index (χ2v) is 3.14. The first-order valence-corrected chi connectivity index (χ1v) is 3.96. The largest absolute Gasteiger partial charge is 0.415 e. The predicted octanol–water partition coefficient (Wildman–Crippen LogP) is 1.66. The van der Waals surface area contributed by atoms with Crippen molar-refractivity contribution in [3.63, 3.8) is 0 Å². The fourth-order valence-electron chi connectivity index (χ4n) is 0.395. The molecule has 0 aromatic rings. The predicted molar refractivity (Wildman–Crippen MR) is 35.0 cm³/mol. The van der Waals surface area contributed by atoms with Gasteiger partial charge in [-0.05, 0) is 6.26 Å². The van der Waals surface area contributed by atoms with E-state index in [4.69, 9.17) is 5.11 Å². The van der Waals surface area contributed by atoms with Gasteiger partial charge >= 0.3 is 6.18 Å². The van der Waals surface area contributed by atoms with Crippen LogP contribution >= 0.6 is 11.8 Å². The van der Waals surface area contributed by atoms with Gasteiger partial charge in [0.1, 0.15) is 0 Å². The maximum Gasteiger partial charge on any atom is 0.415 e. The van der Waals surface area contributed by atoms with Gasteiger partial charge in [-0.25, -0.2) is 0 Å². The van der Waals surface area contributed by atoms with Gasteiger partial charge in [0.05, 0.1) is 0 Å². The SMILES string of the molecule is CSC(C)C(O)C(F)(F)F. The summed E-state index contributed by atoms with van der Waals surface area (Å²) in [6.07, 6.45) is -5.16. The van der Waals surface area contributed by atoms with E-state index in [1.54, 1.807) is 0 Å². The smallest absolute Gasteiger partial charge is 0.383 e. The molecule has 0 heterocycles. The van der Waals surface area contributed by atoms with Gasteiger partial charge in [-0.2, -0.15) is 24.9 Å². The van der Waals surface area contributed by atoms with E-state index in [2.05, 4.69) is 0 Å². The third-order valence-corrected chi connectivity index (χ3v) is 2.15. The van der Waals surface area contributed by atoms with Gasteiger partial charge in [-0.1, -0.05) is 6.92 Å². The van der Waals surface area contributed by atoms with Crippen LogP contribution in [0.15, 0.2) is 0 Å². The Morgan fingerprint density at radius 2 is 1.80 bits per heavy atom. The van der Waals surface area contributed by atoms with Crippen LogP contribution in [0.2, 0.25) is 0 Å². The van der Waals surface area contributed by atoms with Crippen LogP contribution < -0.4 is 0 Å². The highest BCUT2D eigenvalue weighted by Crippen LogP contribution is 2.26. The lowest BCUT2D eigenvalue weighted by molar-refractivity contribution is -0.202. The van der Waals surface area contributed by atoms with Crippen molar-refractivity contribution in [1.82, 2.24) is 0 Å². The Kier molecular flexibility index (Phi) is 3.51. The molecule has 0 radical (unpaired) electrons. The summed E-state index contributed by atoms with van der Waals surface area (Å²) in [6.45, 7) is 1.34. The molecule has 0 fully saturated rings. The van der Waals surface area contributed by atoms with Crippen LogP contribution in [0, 0.1) is 0 Å². The number of thioether (sulfide) groups is 1. The van der Waals surface area contributed by atoms with Gasteiger partial charge in [0.25, 0.3) is 0 Å². The van der Waals surface area contributed by atoms with E-state index in [0.717, 1.165) is 11.8 Å². The highest BCUT2D eigenvalue weighted by molar-refractivity contribution is 7.99. The molecule has 0 aromatic carbocycles. The summed E-state index contributed by atoms with van der Waals surface area (Å²) in [5.74, 6) is 0. The fraction of sp³-hybridized carbons (Fsp3) is 1.00. The molecule has 10 heavy (non-hydrogen) atoms. The molecule has 0 rings (SSSR count). The molecule has 1 nitrogen and oxygen atoms in total. The lowest BCUT2D eigenvalue weighted by Crippen LogP contribution is -2.36. The van der Waals surface area contributed by atoms with Crippen LogP contribution in [0.1, 0.15) is 6.92 Å². The molecule has 0 saturated heterocycles. The minimum atomic E-state index is -4.48. The Labute approximate surface area is 61.6 Å². The Morgan fingerprint density at radius 3 is 1.90 bits per heavy atom. The highest BCUT2D eigenvalue weighted by atomic mass is 32.2. The Morgan fingerprint density at radius 1 is 1.40 bits per heavy atom. The number of hydrogen-bond donors (Lipinski definition) is 1. The first-order chi connectivity index (χ1) is 4.39. The van der Waals surface area contributed by atoms with E-state index in [0.29, 0.717) is 0 Å². The van der Waals surface area contributed by atoms with Crippen molar-refractivity contribution < 1.29 is 18.3 Å². The zero-order valence-corrected chi connectivity index (χ0v) is 6.46. The highest BCUT2D eigenvalue weighted by Gasteiger charge is 2.41. The van der Waals surface area contributed by atoms with E-state index < -0.39 is 17.5 Å². The lowest BCUT2D eigenvalue weighted by Gasteiger charge is -2.19. The minimum absolute atomic E-state index is 0.792. The molecular weight excluding hydrogens is 165 g/mol. The van der Waals surface area contributed by atoms with Gasteiger partial charge < -0.3 is 5.11 Å². The third kappa shape index (κ3) is 2.79. The van der Waals surface area contributed by atoms with Gasteiger partial charge in [-0.3, -0.25) is 0 Å². The van der Waals surface area contributed by atoms with Crippen LogP contribution in [0.4, 0.5) is 13.2 Å². The standard InChI is InChI=1S/C5H9F3OS/c1-3(10-2)4(9)5(6,7)8/h3-4,9H,1-2H3. The van der Waals surface area contributed by atoms with Crippen LogP contribution in [0.3, 0.4) is 0 Å². The van der Waals surface area contributed by atoms with Crippen molar-refractivity contribution in [1.29, 1.82) is 0 Å². The lowest BCUT2D eigenvalue weighted by atomic mass is 10.3. The Bertz CT molecular complexity index is 104. The van der Waals surface area contributed by atoms with Crippen LogP contribution in [0.5, 0.6) is 0 Å². The Hall–Kier alpha value is 0.100. The normalized spacial score (nSPS) is 18.6. The van der Waals surface area contributed by atoms with Crippen molar-refractivity contribution in [3.05, 3.63) is 0 Å². The first-order valence-electron chi connectivity index (χ1n) is 2.67. The average molecular weight is 174 g/mol.